The molecule has 0 saturated heterocycles. The van der Waals surface area contributed by atoms with Gasteiger partial charge in [0.25, 0.3) is 0 Å². The highest BCUT2D eigenvalue weighted by molar-refractivity contribution is 9.10. The molecule has 0 fully saturated rings. The molecule has 0 saturated carbocycles. The minimum Gasteiger partial charge on any atom is -0.435 e. The second-order valence-corrected chi connectivity index (χ2v) is 5.59. The van der Waals surface area contributed by atoms with Gasteiger partial charge in [0, 0.05) is 0 Å². The minimum atomic E-state index is 0.354. The summed E-state index contributed by atoms with van der Waals surface area (Å²) in [5, 5.41) is 0.866. The lowest BCUT2D eigenvalue weighted by atomic mass is 10.2. The number of nitrogen functional groups attached to an aromatic ring is 1. The molecule has 0 atom stereocenters. The third-order valence-corrected chi connectivity index (χ3v) is 3.99. The van der Waals surface area contributed by atoms with Gasteiger partial charge >= 0.3 is 0 Å². The second kappa shape index (κ2) is 4.71. The van der Waals surface area contributed by atoms with Gasteiger partial charge < -0.3 is 10.2 Å². The number of rotatable bonds is 1. The Kier molecular flexibility index (Phi) is 3.17. The van der Waals surface area contributed by atoms with E-state index in [2.05, 4.69) is 20.9 Å². The first-order valence-electron chi connectivity index (χ1n) is 5.37. The molecule has 2 N–H and O–H groups in total. The van der Waals surface area contributed by atoms with E-state index in [9.17, 15) is 0 Å². The molecule has 0 aliphatic rings. The SMILES string of the molecule is Nc1c(Cl)ccc(Cl)c1-c1nc2cccc(Br)c2o1. The van der Waals surface area contributed by atoms with Crippen molar-refractivity contribution in [1.29, 1.82) is 0 Å². The highest BCUT2D eigenvalue weighted by Gasteiger charge is 2.17. The van der Waals surface area contributed by atoms with Crippen LogP contribution in [0.25, 0.3) is 22.6 Å². The van der Waals surface area contributed by atoms with E-state index in [-0.39, 0.29) is 0 Å². The molecule has 2 aromatic carbocycles. The summed E-state index contributed by atoms with van der Waals surface area (Å²) in [5.41, 5.74) is 8.19. The summed E-state index contributed by atoms with van der Waals surface area (Å²) < 4.78 is 6.54. The standard InChI is InChI=1S/C13H7BrCl2N2O/c14-6-2-1-3-9-12(6)19-13(18-9)10-7(15)4-5-8(16)11(10)17/h1-5H,17H2. The molecule has 96 valence electrons. The van der Waals surface area contributed by atoms with Crippen LogP contribution in [0.1, 0.15) is 0 Å². The Balaban J connectivity index is 2.31. The van der Waals surface area contributed by atoms with Gasteiger partial charge in [-0.3, -0.25) is 0 Å². The average Bonchev–Trinajstić information content (AvgIpc) is 2.80. The summed E-state index contributed by atoms with van der Waals surface area (Å²) in [4.78, 5) is 4.39. The second-order valence-electron chi connectivity index (χ2n) is 3.92. The lowest BCUT2D eigenvalue weighted by Crippen LogP contribution is -1.92. The maximum Gasteiger partial charge on any atom is 0.231 e. The molecular weight excluding hydrogens is 351 g/mol. The highest BCUT2D eigenvalue weighted by atomic mass is 79.9. The normalized spacial score (nSPS) is 11.1. The molecule has 0 radical (unpaired) electrons. The first-order chi connectivity index (χ1) is 9.08. The van der Waals surface area contributed by atoms with Crippen LogP contribution >= 0.6 is 39.1 Å². The fraction of sp³-hybridized carbons (Fsp3) is 0. The molecule has 0 unspecified atom stereocenters. The van der Waals surface area contributed by atoms with Gasteiger partial charge in [0.15, 0.2) is 5.58 Å². The molecule has 1 heterocycles. The van der Waals surface area contributed by atoms with Crippen molar-refractivity contribution in [3.63, 3.8) is 0 Å². The van der Waals surface area contributed by atoms with Crippen molar-refractivity contribution in [2.75, 3.05) is 5.73 Å². The minimum absolute atomic E-state index is 0.354. The molecular formula is C13H7BrCl2N2O. The first kappa shape index (κ1) is 12.8. The number of anilines is 1. The molecule has 19 heavy (non-hydrogen) atoms. The van der Waals surface area contributed by atoms with E-state index in [1.54, 1.807) is 12.1 Å². The van der Waals surface area contributed by atoms with E-state index in [0.717, 1.165) is 9.99 Å². The van der Waals surface area contributed by atoms with Crippen LogP contribution in [0.15, 0.2) is 39.2 Å². The maximum atomic E-state index is 6.15. The van der Waals surface area contributed by atoms with Crippen LogP contribution < -0.4 is 5.73 Å². The van der Waals surface area contributed by atoms with E-state index in [0.29, 0.717) is 32.8 Å². The maximum absolute atomic E-state index is 6.15. The number of oxazole rings is 1. The topological polar surface area (TPSA) is 52.0 Å². The van der Waals surface area contributed by atoms with Gasteiger partial charge in [0.05, 0.1) is 25.8 Å². The summed E-state index contributed by atoms with van der Waals surface area (Å²) in [6, 6.07) is 8.91. The lowest BCUT2D eigenvalue weighted by Gasteiger charge is -2.05. The van der Waals surface area contributed by atoms with Crippen molar-refractivity contribution in [1.82, 2.24) is 4.98 Å². The predicted octanol–water partition coefficient (Wildman–Crippen LogP) is 5.15. The number of halogens is 3. The van der Waals surface area contributed by atoms with Crippen molar-refractivity contribution in [2.45, 2.75) is 0 Å². The Morgan fingerprint density at radius 3 is 2.58 bits per heavy atom. The van der Waals surface area contributed by atoms with Crippen LogP contribution in [0.2, 0.25) is 10.0 Å². The summed E-state index contributed by atoms with van der Waals surface area (Å²) in [5.74, 6) is 0.354. The quantitative estimate of drug-likeness (QED) is 0.613. The molecule has 6 heteroatoms. The van der Waals surface area contributed by atoms with Gasteiger partial charge in [-0.05, 0) is 40.2 Å². The Bertz CT molecular complexity index is 786. The molecule has 0 amide bonds. The number of aromatic nitrogens is 1. The number of fused-ring (bicyclic) bond motifs is 1. The fourth-order valence-electron chi connectivity index (χ4n) is 1.81. The van der Waals surface area contributed by atoms with Gasteiger partial charge in [0.2, 0.25) is 5.89 Å². The number of benzene rings is 2. The molecule has 0 bridgehead atoms. The zero-order chi connectivity index (χ0) is 13.6. The summed E-state index contributed by atoms with van der Waals surface area (Å²) in [6.45, 7) is 0. The molecule has 3 aromatic rings. The lowest BCUT2D eigenvalue weighted by molar-refractivity contribution is 0.618. The number of hydrogen-bond acceptors (Lipinski definition) is 3. The molecule has 0 aliphatic carbocycles. The number of nitrogens with two attached hydrogens (primary N) is 1. The number of nitrogens with zero attached hydrogens (tertiary/aromatic N) is 1. The van der Waals surface area contributed by atoms with E-state index in [4.69, 9.17) is 33.4 Å². The Morgan fingerprint density at radius 2 is 1.84 bits per heavy atom. The van der Waals surface area contributed by atoms with Crippen LogP contribution in [0.5, 0.6) is 0 Å². The van der Waals surface area contributed by atoms with Crippen molar-refractivity contribution in [3.8, 4) is 11.5 Å². The van der Waals surface area contributed by atoms with E-state index < -0.39 is 0 Å². The summed E-state index contributed by atoms with van der Waals surface area (Å²) >= 11 is 15.6. The molecule has 0 spiro atoms. The largest absolute Gasteiger partial charge is 0.435 e. The van der Waals surface area contributed by atoms with Gasteiger partial charge in [0.1, 0.15) is 5.52 Å². The summed E-state index contributed by atoms with van der Waals surface area (Å²) in [6.07, 6.45) is 0. The van der Waals surface area contributed by atoms with Crippen LogP contribution in [0.4, 0.5) is 5.69 Å². The van der Waals surface area contributed by atoms with Crippen LogP contribution in [-0.4, -0.2) is 4.98 Å². The van der Waals surface area contributed by atoms with Crippen molar-refractivity contribution in [3.05, 3.63) is 44.8 Å². The smallest absolute Gasteiger partial charge is 0.231 e. The van der Waals surface area contributed by atoms with Crippen LogP contribution in [0, 0.1) is 0 Å². The van der Waals surface area contributed by atoms with E-state index in [1.807, 2.05) is 18.2 Å². The number of hydrogen-bond donors (Lipinski definition) is 1. The Morgan fingerprint density at radius 1 is 1.11 bits per heavy atom. The molecule has 1 aromatic heterocycles. The Labute approximate surface area is 127 Å². The average molecular weight is 358 g/mol. The third-order valence-electron chi connectivity index (χ3n) is 2.72. The zero-order valence-corrected chi connectivity index (χ0v) is 12.6. The Hall–Kier alpha value is -1.23. The molecule has 3 nitrogen and oxygen atoms in total. The fourth-order valence-corrected chi connectivity index (χ4v) is 2.65. The van der Waals surface area contributed by atoms with Crippen LogP contribution in [-0.2, 0) is 0 Å². The first-order valence-corrected chi connectivity index (χ1v) is 6.91. The van der Waals surface area contributed by atoms with E-state index >= 15 is 0 Å². The molecule has 3 rings (SSSR count). The van der Waals surface area contributed by atoms with Crippen molar-refractivity contribution in [2.24, 2.45) is 0 Å². The van der Waals surface area contributed by atoms with E-state index in [1.165, 1.54) is 0 Å². The summed E-state index contributed by atoms with van der Waals surface area (Å²) in [7, 11) is 0. The predicted molar refractivity (Wildman–Crippen MR) is 81.6 cm³/mol. The highest BCUT2D eigenvalue weighted by Crippen LogP contribution is 2.39. The van der Waals surface area contributed by atoms with Gasteiger partial charge in [-0.2, -0.15) is 0 Å². The van der Waals surface area contributed by atoms with Gasteiger partial charge in [-0.1, -0.05) is 29.3 Å². The third kappa shape index (κ3) is 2.10. The van der Waals surface area contributed by atoms with Crippen LogP contribution in [0.3, 0.4) is 0 Å². The monoisotopic (exact) mass is 356 g/mol. The van der Waals surface area contributed by atoms with Crippen molar-refractivity contribution < 1.29 is 4.42 Å². The van der Waals surface area contributed by atoms with Gasteiger partial charge in [-0.15, -0.1) is 0 Å². The number of para-hydroxylation sites is 1. The zero-order valence-electron chi connectivity index (χ0n) is 9.45. The molecule has 0 aliphatic heterocycles. The van der Waals surface area contributed by atoms with Crippen molar-refractivity contribution >= 4 is 55.9 Å². The van der Waals surface area contributed by atoms with Gasteiger partial charge in [-0.25, -0.2) is 4.98 Å².